The maximum atomic E-state index is 12.5. The molecule has 4 rings (SSSR count). The highest BCUT2D eigenvalue weighted by Gasteiger charge is 2.25. The topological polar surface area (TPSA) is 39.0 Å². The number of nitrogens with zero attached hydrogens (tertiary/aromatic N) is 2. The maximum absolute atomic E-state index is 12.5. The molecule has 0 spiro atoms. The van der Waals surface area contributed by atoms with Crippen LogP contribution in [-0.4, -0.2) is 4.57 Å². The molecule has 4 heteroatoms. The van der Waals surface area contributed by atoms with Crippen LogP contribution in [-0.2, 0) is 14.1 Å². The van der Waals surface area contributed by atoms with Gasteiger partial charge in [0.15, 0.2) is 16.6 Å². The van der Waals surface area contributed by atoms with Crippen molar-refractivity contribution >= 4 is 22.0 Å². The van der Waals surface area contributed by atoms with Crippen LogP contribution in [0.2, 0.25) is 0 Å². The summed E-state index contributed by atoms with van der Waals surface area (Å²) >= 11 is 0. The number of benzene rings is 2. The Morgan fingerprint density at radius 3 is 2.65 bits per heavy atom. The molecule has 0 unspecified atom stereocenters. The molecule has 0 saturated heterocycles. The number of fused-ring (bicyclic) bond motifs is 2. The van der Waals surface area contributed by atoms with Crippen molar-refractivity contribution < 1.29 is 8.98 Å². The number of aryl methyl sites for hydroxylation is 3. The first kappa shape index (κ1) is 13.8. The molecule has 4 nitrogen and oxygen atoms in total. The van der Waals surface area contributed by atoms with E-state index in [0.29, 0.717) is 11.1 Å². The molecule has 2 heterocycles. The molecular weight excluding hydrogens is 288 g/mol. The van der Waals surface area contributed by atoms with Crippen LogP contribution in [0, 0.1) is 6.92 Å². The Labute approximate surface area is 133 Å². The minimum absolute atomic E-state index is 0.315. The highest BCUT2D eigenvalue weighted by Crippen LogP contribution is 2.23. The van der Waals surface area contributed by atoms with Crippen LogP contribution in [0.25, 0.3) is 33.4 Å². The molecule has 0 bridgehead atoms. The standard InChI is InChI=1S/C19H17N2O2/c1-12-8-9-13-11-14(19(22)23-17(13)10-12)18-20(2)15-6-4-5-7-16(15)21(18)3/h4-11H,1-3H3/q+1. The van der Waals surface area contributed by atoms with Crippen molar-refractivity contribution in [2.45, 2.75) is 6.92 Å². The smallest absolute Gasteiger partial charge is 0.351 e. The normalized spacial score (nSPS) is 11.4. The molecule has 2 aromatic heterocycles. The van der Waals surface area contributed by atoms with Gasteiger partial charge in [-0.25, -0.2) is 13.9 Å². The van der Waals surface area contributed by atoms with E-state index in [1.165, 1.54) is 0 Å². The fourth-order valence-electron chi connectivity index (χ4n) is 3.22. The van der Waals surface area contributed by atoms with E-state index >= 15 is 0 Å². The number of aromatic nitrogens is 2. The Morgan fingerprint density at radius 2 is 1.87 bits per heavy atom. The molecule has 0 N–H and O–H groups in total. The summed E-state index contributed by atoms with van der Waals surface area (Å²) in [5, 5.41) is 0.926. The Kier molecular flexibility index (Phi) is 2.88. The van der Waals surface area contributed by atoms with Gasteiger partial charge in [0, 0.05) is 5.39 Å². The van der Waals surface area contributed by atoms with E-state index in [2.05, 4.69) is 0 Å². The lowest BCUT2D eigenvalue weighted by Gasteiger charge is -2.02. The Morgan fingerprint density at radius 1 is 1.09 bits per heavy atom. The molecule has 2 aromatic carbocycles. The molecule has 0 saturated carbocycles. The average molecular weight is 305 g/mol. The predicted octanol–water partition coefficient (Wildman–Crippen LogP) is 3.08. The molecule has 0 atom stereocenters. The average Bonchev–Trinajstić information content (AvgIpc) is 2.79. The number of para-hydroxylation sites is 2. The fraction of sp³-hybridized carbons (Fsp3) is 0.158. The lowest BCUT2D eigenvalue weighted by Crippen LogP contribution is -2.31. The van der Waals surface area contributed by atoms with E-state index in [1.807, 2.05) is 78.7 Å². The van der Waals surface area contributed by atoms with E-state index < -0.39 is 0 Å². The van der Waals surface area contributed by atoms with Crippen LogP contribution in [0.3, 0.4) is 0 Å². The Hall–Kier alpha value is -2.88. The number of imidazole rings is 1. The van der Waals surface area contributed by atoms with Gasteiger partial charge in [-0.05, 0) is 36.8 Å². The van der Waals surface area contributed by atoms with E-state index in [4.69, 9.17) is 4.42 Å². The predicted molar refractivity (Wildman–Crippen MR) is 90.3 cm³/mol. The van der Waals surface area contributed by atoms with Crippen LogP contribution >= 0.6 is 0 Å². The summed E-state index contributed by atoms with van der Waals surface area (Å²) in [6.07, 6.45) is 0. The SMILES string of the molecule is Cc1ccc2cc(-c3n(C)c4ccccc4[n+]3C)c(=O)oc2c1. The second-order valence-corrected chi connectivity index (χ2v) is 5.92. The van der Waals surface area contributed by atoms with Crippen molar-refractivity contribution in [2.24, 2.45) is 14.1 Å². The van der Waals surface area contributed by atoms with Crippen molar-refractivity contribution in [1.82, 2.24) is 4.57 Å². The zero-order chi connectivity index (χ0) is 16.1. The Bertz CT molecular complexity index is 1080. The second kappa shape index (κ2) is 4.81. The van der Waals surface area contributed by atoms with Gasteiger partial charge >= 0.3 is 5.63 Å². The van der Waals surface area contributed by atoms with Gasteiger partial charge in [0.2, 0.25) is 0 Å². The summed E-state index contributed by atoms with van der Waals surface area (Å²) in [7, 11) is 3.94. The maximum Gasteiger partial charge on any atom is 0.351 e. The third-order valence-corrected chi connectivity index (χ3v) is 4.37. The zero-order valence-electron chi connectivity index (χ0n) is 13.3. The van der Waals surface area contributed by atoms with Gasteiger partial charge < -0.3 is 4.42 Å². The van der Waals surface area contributed by atoms with Crippen molar-refractivity contribution in [2.75, 3.05) is 0 Å². The van der Waals surface area contributed by atoms with Crippen LogP contribution in [0.1, 0.15) is 5.56 Å². The van der Waals surface area contributed by atoms with Crippen LogP contribution in [0.15, 0.2) is 57.7 Å². The van der Waals surface area contributed by atoms with E-state index in [-0.39, 0.29) is 5.63 Å². The van der Waals surface area contributed by atoms with E-state index in [1.54, 1.807) is 0 Å². The first-order valence-electron chi connectivity index (χ1n) is 7.54. The molecule has 0 radical (unpaired) electrons. The summed E-state index contributed by atoms with van der Waals surface area (Å²) < 4.78 is 9.61. The molecule has 0 aliphatic rings. The molecule has 0 aliphatic carbocycles. The highest BCUT2D eigenvalue weighted by atomic mass is 16.4. The molecular formula is C19H17N2O2+. The van der Waals surface area contributed by atoms with E-state index in [9.17, 15) is 4.79 Å². The zero-order valence-corrected chi connectivity index (χ0v) is 13.3. The van der Waals surface area contributed by atoms with Gasteiger partial charge in [-0.2, -0.15) is 0 Å². The Balaban J connectivity index is 2.09. The number of rotatable bonds is 1. The lowest BCUT2D eigenvalue weighted by atomic mass is 10.1. The first-order valence-corrected chi connectivity index (χ1v) is 7.54. The first-order chi connectivity index (χ1) is 11.1. The fourth-order valence-corrected chi connectivity index (χ4v) is 3.22. The highest BCUT2D eigenvalue weighted by molar-refractivity contribution is 5.82. The van der Waals surface area contributed by atoms with Crippen LogP contribution < -0.4 is 10.2 Å². The monoisotopic (exact) mass is 305 g/mol. The van der Waals surface area contributed by atoms with Gasteiger partial charge in [0.25, 0.3) is 5.82 Å². The van der Waals surface area contributed by atoms with Gasteiger partial charge in [0.1, 0.15) is 5.58 Å². The van der Waals surface area contributed by atoms with Gasteiger partial charge in [-0.1, -0.05) is 24.3 Å². The largest absolute Gasteiger partial charge is 0.422 e. The lowest BCUT2D eigenvalue weighted by molar-refractivity contribution is -0.634. The number of hydrogen-bond acceptors (Lipinski definition) is 2. The van der Waals surface area contributed by atoms with Gasteiger partial charge in [0.05, 0.1) is 14.1 Å². The molecule has 23 heavy (non-hydrogen) atoms. The minimum Gasteiger partial charge on any atom is -0.422 e. The van der Waals surface area contributed by atoms with E-state index in [0.717, 1.165) is 27.8 Å². The van der Waals surface area contributed by atoms with Gasteiger partial charge in [-0.15, -0.1) is 0 Å². The third-order valence-electron chi connectivity index (χ3n) is 4.37. The molecule has 0 fully saturated rings. The second-order valence-electron chi connectivity index (χ2n) is 5.92. The van der Waals surface area contributed by atoms with Crippen molar-refractivity contribution in [3.8, 4) is 11.4 Å². The van der Waals surface area contributed by atoms with Crippen molar-refractivity contribution in [3.63, 3.8) is 0 Å². The molecule has 0 amide bonds. The summed E-state index contributed by atoms with van der Waals surface area (Å²) in [4.78, 5) is 12.5. The summed E-state index contributed by atoms with van der Waals surface area (Å²) in [6, 6.07) is 15.9. The van der Waals surface area contributed by atoms with Gasteiger partial charge in [-0.3, -0.25) is 0 Å². The summed E-state index contributed by atoms with van der Waals surface area (Å²) in [5.41, 5.74) is 4.11. The van der Waals surface area contributed by atoms with Crippen LogP contribution in [0.4, 0.5) is 0 Å². The number of hydrogen-bond donors (Lipinski definition) is 0. The van der Waals surface area contributed by atoms with Crippen molar-refractivity contribution in [1.29, 1.82) is 0 Å². The minimum atomic E-state index is -0.315. The van der Waals surface area contributed by atoms with Crippen molar-refractivity contribution in [3.05, 3.63) is 64.5 Å². The molecule has 0 aliphatic heterocycles. The molecule has 114 valence electrons. The molecule has 4 aromatic rings. The summed E-state index contributed by atoms with van der Waals surface area (Å²) in [5.74, 6) is 0.836. The third kappa shape index (κ3) is 1.99. The van der Waals surface area contributed by atoms with Crippen LogP contribution in [0.5, 0.6) is 0 Å². The summed E-state index contributed by atoms with van der Waals surface area (Å²) in [6.45, 7) is 1.98. The quantitative estimate of drug-likeness (QED) is 0.400.